The van der Waals surface area contributed by atoms with Gasteiger partial charge in [0.2, 0.25) is 5.91 Å². The van der Waals surface area contributed by atoms with Crippen LogP contribution in [-0.2, 0) is 4.79 Å². The average Bonchev–Trinajstić information content (AvgIpc) is 2.78. The van der Waals surface area contributed by atoms with Crippen LogP contribution in [0, 0.1) is 6.92 Å². The largest absolute Gasteiger partial charge is 0.323 e. The molecule has 18 heavy (non-hydrogen) atoms. The molecule has 1 amide bonds. The summed E-state index contributed by atoms with van der Waals surface area (Å²) in [7, 11) is 0. The molecule has 90 valence electrons. The number of rotatable bonds is 4. The molecular formula is C11H12AlN5O. The lowest BCUT2D eigenvalue weighted by molar-refractivity contribution is -0.115. The first kappa shape index (κ1) is 12.7. The highest BCUT2D eigenvalue weighted by atomic mass is 27.0. The van der Waals surface area contributed by atoms with E-state index in [4.69, 9.17) is 0 Å². The zero-order chi connectivity index (χ0) is 13.0. The molecule has 0 aliphatic carbocycles. The summed E-state index contributed by atoms with van der Waals surface area (Å²) in [5, 5.41) is 15.5. The molecule has 0 spiro atoms. The summed E-state index contributed by atoms with van der Waals surface area (Å²) in [5.41, 5.74) is 2.30. The number of aromatic nitrogens is 4. The highest BCUT2D eigenvalue weighted by molar-refractivity contribution is 6.10. The van der Waals surface area contributed by atoms with Crippen molar-refractivity contribution in [2.45, 2.75) is 18.6 Å². The molecule has 6 nitrogen and oxygen atoms in total. The first-order valence-corrected chi connectivity index (χ1v) is 6.35. The first-order chi connectivity index (χ1) is 8.70. The van der Waals surface area contributed by atoms with Crippen molar-refractivity contribution in [1.29, 1.82) is 0 Å². The van der Waals surface area contributed by atoms with Gasteiger partial charge < -0.3 is 5.32 Å². The third-order valence-electron chi connectivity index (χ3n) is 2.36. The van der Waals surface area contributed by atoms with Crippen LogP contribution in [-0.4, -0.2) is 42.2 Å². The van der Waals surface area contributed by atoms with E-state index in [0.717, 1.165) is 16.7 Å². The number of anilines is 1. The van der Waals surface area contributed by atoms with E-state index >= 15 is 0 Å². The van der Waals surface area contributed by atoms with E-state index in [0.29, 0.717) is 12.1 Å². The Morgan fingerprint density at radius 2 is 2.39 bits per heavy atom. The maximum absolute atomic E-state index is 11.4. The van der Waals surface area contributed by atoms with Gasteiger partial charge in [0.15, 0.2) is 0 Å². The second-order valence-electron chi connectivity index (χ2n) is 3.76. The van der Waals surface area contributed by atoms with Gasteiger partial charge in [-0.1, -0.05) is 0 Å². The van der Waals surface area contributed by atoms with Gasteiger partial charge in [0, 0.05) is 6.42 Å². The molecule has 0 aromatic carbocycles. The molecule has 2 radical (unpaired) electrons. The summed E-state index contributed by atoms with van der Waals surface area (Å²) < 4.78 is 1.67. The van der Waals surface area contributed by atoms with Crippen LogP contribution in [0.3, 0.4) is 0 Å². The van der Waals surface area contributed by atoms with Crippen LogP contribution in [0.1, 0.15) is 12.1 Å². The number of amides is 1. The fraction of sp³-hybridized carbons (Fsp3) is 0.273. The van der Waals surface area contributed by atoms with Gasteiger partial charge >= 0.3 is 0 Å². The molecule has 0 saturated carbocycles. The average molecular weight is 257 g/mol. The monoisotopic (exact) mass is 257 g/mol. The van der Waals surface area contributed by atoms with E-state index in [1.807, 2.05) is 13.0 Å². The molecule has 7 heteroatoms. The van der Waals surface area contributed by atoms with Crippen LogP contribution >= 0.6 is 0 Å². The Kier molecular flexibility index (Phi) is 4.08. The first-order valence-electron chi connectivity index (χ1n) is 5.54. The van der Waals surface area contributed by atoms with Gasteiger partial charge in [0.1, 0.15) is 16.3 Å². The van der Waals surface area contributed by atoms with Crippen molar-refractivity contribution in [1.82, 2.24) is 20.0 Å². The standard InChI is InChI=1S/C11H12N5O.Al/c1-3-11(17)14-9-6-13-16(7-9)10-4-5-12-15-8(10)2;/h4-7H,1,3H2,2H3,(H,14,17);. The summed E-state index contributed by atoms with van der Waals surface area (Å²) >= 11 is 2.52. The molecule has 2 aromatic rings. The second kappa shape index (κ2) is 5.76. The molecule has 2 rings (SSSR count). The summed E-state index contributed by atoms with van der Waals surface area (Å²) in [4.78, 5) is 11.4. The number of carbonyl (C=O) groups is 1. The molecule has 0 saturated heterocycles. The van der Waals surface area contributed by atoms with Crippen molar-refractivity contribution < 1.29 is 4.79 Å². The van der Waals surface area contributed by atoms with Crippen molar-refractivity contribution in [2.75, 3.05) is 5.32 Å². The Bertz CT molecular complexity index is 554. The fourth-order valence-corrected chi connectivity index (χ4v) is 1.77. The lowest BCUT2D eigenvalue weighted by Gasteiger charge is -2.03. The van der Waals surface area contributed by atoms with Crippen molar-refractivity contribution in [3.8, 4) is 5.69 Å². The van der Waals surface area contributed by atoms with Crippen LogP contribution in [0.5, 0.6) is 0 Å². The summed E-state index contributed by atoms with van der Waals surface area (Å²) in [6.45, 7) is 1.86. The highest BCUT2D eigenvalue weighted by Gasteiger charge is 2.06. The zero-order valence-electron chi connectivity index (χ0n) is 10.00. The van der Waals surface area contributed by atoms with Gasteiger partial charge in [-0.05, 0) is 13.0 Å². The van der Waals surface area contributed by atoms with E-state index in [-0.39, 0.29) is 5.91 Å². The summed E-state index contributed by atoms with van der Waals surface area (Å²) in [6.07, 6.45) is 5.45. The smallest absolute Gasteiger partial charge is 0.223 e. The molecule has 2 aromatic heterocycles. The minimum Gasteiger partial charge on any atom is -0.323 e. The Labute approximate surface area is 113 Å². The van der Waals surface area contributed by atoms with E-state index in [1.165, 1.54) is 0 Å². The number of hydrogen-bond donors (Lipinski definition) is 1. The number of aryl methyl sites for hydroxylation is 1. The SMILES string of the molecule is Cc1nnccc1-n1cc(NC(=O)C[CH2][Al])cn1. The fourth-order valence-electron chi connectivity index (χ4n) is 1.51. The minimum atomic E-state index is -0.0193. The van der Waals surface area contributed by atoms with E-state index in [1.54, 1.807) is 23.3 Å². The Balaban J connectivity index is 2.16. The third-order valence-corrected chi connectivity index (χ3v) is 2.65. The van der Waals surface area contributed by atoms with Gasteiger partial charge in [-0.2, -0.15) is 15.3 Å². The number of nitrogens with one attached hydrogen (secondary N) is 1. The second-order valence-corrected chi connectivity index (χ2v) is 4.34. The molecule has 0 bridgehead atoms. The van der Waals surface area contributed by atoms with E-state index in [2.05, 4.69) is 36.9 Å². The summed E-state index contributed by atoms with van der Waals surface area (Å²) in [5.74, 6) is -0.0193. The van der Waals surface area contributed by atoms with Crippen molar-refractivity contribution in [2.24, 2.45) is 0 Å². The minimum absolute atomic E-state index is 0.0193. The molecular weight excluding hydrogens is 245 g/mol. The van der Waals surface area contributed by atoms with E-state index < -0.39 is 0 Å². The van der Waals surface area contributed by atoms with E-state index in [9.17, 15) is 4.79 Å². The molecule has 1 N–H and O–H groups in total. The predicted octanol–water partition coefficient (Wildman–Crippen LogP) is 0.886. The molecule has 0 atom stereocenters. The summed E-state index contributed by atoms with van der Waals surface area (Å²) in [6, 6.07) is 1.82. The van der Waals surface area contributed by atoms with Crippen LogP contribution in [0.25, 0.3) is 5.69 Å². The molecule has 0 aliphatic heterocycles. The van der Waals surface area contributed by atoms with Crippen LogP contribution < -0.4 is 5.32 Å². The molecule has 0 unspecified atom stereocenters. The molecule has 2 heterocycles. The number of carbonyl (C=O) groups excluding carboxylic acids is 1. The highest BCUT2D eigenvalue weighted by Crippen LogP contribution is 2.13. The molecule has 0 aliphatic rings. The quantitative estimate of drug-likeness (QED) is 0.825. The zero-order valence-corrected chi connectivity index (χ0v) is 11.2. The topological polar surface area (TPSA) is 72.7 Å². The lowest BCUT2D eigenvalue weighted by Crippen LogP contribution is -2.10. The van der Waals surface area contributed by atoms with Gasteiger partial charge in [-0.3, -0.25) is 4.79 Å². The third kappa shape index (κ3) is 2.94. The number of nitrogens with zero attached hydrogens (tertiary/aromatic N) is 4. The van der Waals surface area contributed by atoms with Gasteiger partial charge in [-0.15, -0.1) is 5.28 Å². The Morgan fingerprint density at radius 1 is 1.56 bits per heavy atom. The van der Waals surface area contributed by atoms with Crippen LogP contribution in [0.15, 0.2) is 24.7 Å². The maximum Gasteiger partial charge on any atom is 0.223 e. The predicted molar refractivity (Wildman–Crippen MR) is 67.7 cm³/mol. The van der Waals surface area contributed by atoms with Crippen LogP contribution in [0.4, 0.5) is 5.69 Å². The Morgan fingerprint density at radius 3 is 3.11 bits per heavy atom. The van der Waals surface area contributed by atoms with Crippen LogP contribution in [0.2, 0.25) is 5.28 Å². The van der Waals surface area contributed by atoms with Gasteiger partial charge in [0.05, 0.1) is 35.7 Å². The maximum atomic E-state index is 11.4. The van der Waals surface area contributed by atoms with Gasteiger partial charge in [0.25, 0.3) is 0 Å². The van der Waals surface area contributed by atoms with Crippen molar-refractivity contribution in [3.63, 3.8) is 0 Å². The van der Waals surface area contributed by atoms with Crippen molar-refractivity contribution in [3.05, 3.63) is 30.4 Å². The normalized spacial score (nSPS) is 10.3. The Hall–Kier alpha value is -1.71. The number of hydrogen-bond acceptors (Lipinski definition) is 4. The van der Waals surface area contributed by atoms with Crippen molar-refractivity contribution >= 4 is 27.9 Å². The van der Waals surface area contributed by atoms with Gasteiger partial charge in [-0.25, -0.2) is 4.68 Å². The molecule has 0 fully saturated rings. The lowest BCUT2D eigenvalue weighted by atomic mass is 10.3.